The summed E-state index contributed by atoms with van der Waals surface area (Å²) >= 11 is 0. The third-order valence-corrected chi connectivity index (χ3v) is 7.44. The van der Waals surface area contributed by atoms with E-state index in [1.165, 1.54) is 59.3 Å². The second kappa shape index (κ2) is 12.3. The van der Waals surface area contributed by atoms with Crippen molar-refractivity contribution in [2.24, 2.45) is 5.41 Å². The molecule has 3 aromatic carbocycles. The molecule has 2 heteroatoms. The molecule has 3 aromatic rings. The highest BCUT2D eigenvalue weighted by molar-refractivity contribution is 5.64. The molecule has 1 saturated heterocycles. The SMILES string of the molecule is C=CC(C)(/C=C(C)/C(=C\C)CN1CCCC1)Cc1ccc(-c2ccc(Oc3ccc(C)cc3)cc2)cc1. The van der Waals surface area contributed by atoms with Crippen molar-refractivity contribution in [2.45, 2.75) is 47.0 Å². The van der Waals surface area contributed by atoms with Gasteiger partial charge in [-0.25, -0.2) is 0 Å². The molecule has 1 aliphatic heterocycles. The lowest BCUT2D eigenvalue weighted by Crippen LogP contribution is -2.23. The lowest BCUT2D eigenvalue weighted by atomic mass is 9.81. The quantitative estimate of drug-likeness (QED) is 0.207. The van der Waals surface area contributed by atoms with Gasteiger partial charge in [0.25, 0.3) is 0 Å². The molecule has 1 aliphatic rings. The molecule has 4 rings (SSSR count). The molecular weight excluding hydrogens is 450 g/mol. The van der Waals surface area contributed by atoms with Crippen molar-refractivity contribution in [3.05, 3.63) is 120 Å². The third kappa shape index (κ3) is 7.33. The average Bonchev–Trinajstić information content (AvgIpc) is 3.43. The van der Waals surface area contributed by atoms with E-state index in [-0.39, 0.29) is 5.41 Å². The van der Waals surface area contributed by atoms with Crippen LogP contribution in [0.2, 0.25) is 0 Å². The number of hydrogen-bond donors (Lipinski definition) is 0. The molecule has 1 fully saturated rings. The van der Waals surface area contributed by atoms with Crippen LogP contribution in [-0.4, -0.2) is 24.5 Å². The summed E-state index contributed by atoms with van der Waals surface area (Å²) in [7, 11) is 0. The topological polar surface area (TPSA) is 12.5 Å². The van der Waals surface area contributed by atoms with E-state index in [1.54, 1.807) is 0 Å². The monoisotopic (exact) mass is 491 g/mol. The van der Waals surface area contributed by atoms with Gasteiger partial charge < -0.3 is 4.74 Å². The van der Waals surface area contributed by atoms with Crippen molar-refractivity contribution in [3.63, 3.8) is 0 Å². The summed E-state index contributed by atoms with van der Waals surface area (Å²) < 4.78 is 5.98. The first-order valence-corrected chi connectivity index (χ1v) is 13.5. The van der Waals surface area contributed by atoms with Crippen molar-refractivity contribution in [3.8, 4) is 22.6 Å². The zero-order valence-electron chi connectivity index (χ0n) is 23.0. The number of rotatable bonds is 10. The van der Waals surface area contributed by atoms with E-state index in [9.17, 15) is 0 Å². The van der Waals surface area contributed by atoms with Crippen LogP contribution in [0.25, 0.3) is 11.1 Å². The van der Waals surface area contributed by atoms with Gasteiger partial charge in [0.1, 0.15) is 11.5 Å². The van der Waals surface area contributed by atoms with E-state index in [0.29, 0.717) is 0 Å². The molecule has 0 saturated carbocycles. The normalized spacial score (nSPS) is 16.4. The second-order valence-corrected chi connectivity index (χ2v) is 10.6. The van der Waals surface area contributed by atoms with Crippen molar-refractivity contribution in [1.82, 2.24) is 4.90 Å². The molecule has 0 aliphatic carbocycles. The van der Waals surface area contributed by atoms with Crippen LogP contribution in [0.5, 0.6) is 11.5 Å². The minimum Gasteiger partial charge on any atom is -0.457 e. The second-order valence-electron chi connectivity index (χ2n) is 10.6. The number of hydrogen-bond acceptors (Lipinski definition) is 2. The number of aryl methyl sites for hydroxylation is 1. The van der Waals surface area contributed by atoms with Gasteiger partial charge in [-0.2, -0.15) is 0 Å². The zero-order chi connectivity index (χ0) is 26.3. The predicted octanol–water partition coefficient (Wildman–Crippen LogP) is 9.18. The lowest BCUT2D eigenvalue weighted by molar-refractivity contribution is 0.369. The van der Waals surface area contributed by atoms with Crippen molar-refractivity contribution in [2.75, 3.05) is 19.6 Å². The fourth-order valence-corrected chi connectivity index (χ4v) is 5.11. The Balaban J connectivity index is 1.41. The number of ether oxygens (including phenoxy) is 1. The van der Waals surface area contributed by atoms with E-state index >= 15 is 0 Å². The van der Waals surface area contributed by atoms with E-state index in [0.717, 1.165) is 24.5 Å². The molecule has 1 atom stereocenters. The summed E-state index contributed by atoms with van der Waals surface area (Å²) in [6, 6.07) is 25.4. The highest BCUT2D eigenvalue weighted by Crippen LogP contribution is 2.31. The van der Waals surface area contributed by atoms with Gasteiger partial charge in [0.2, 0.25) is 0 Å². The van der Waals surface area contributed by atoms with Gasteiger partial charge in [-0.3, -0.25) is 4.90 Å². The Morgan fingerprint density at radius 1 is 0.892 bits per heavy atom. The summed E-state index contributed by atoms with van der Waals surface area (Å²) in [5.74, 6) is 1.70. The van der Waals surface area contributed by atoms with Crippen LogP contribution in [-0.2, 0) is 6.42 Å². The van der Waals surface area contributed by atoms with Crippen molar-refractivity contribution in [1.29, 1.82) is 0 Å². The van der Waals surface area contributed by atoms with Crippen molar-refractivity contribution < 1.29 is 4.74 Å². The molecule has 2 nitrogen and oxygen atoms in total. The molecule has 1 unspecified atom stereocenters. The minimum absolute atomic E-state index is 0.0974. The van der Waals surface area contributed by atoms with Gasteiger partial charge in [-0.05, 0) is 99.7 Å². The van der Waals surface area contributed by atoms with Crippen LogP contribution < -0.4 is 4.74 Å². The van der Waals surface area contributed by atoms with Crippen molar-refractivity contribution >= 4 is 0 Å². The Labute approximate surface area is 224 Å². The maximum atomic E-state index is 5.98. The molecule has 0 aromatic heterocycles. The van der Waals surface area contributed by atoms with Gasteiger partial charge in [0.15, 0.2) is 0 Å². The largest absolute Gasteiger partial charge is 0.457 e. The van der Waals surface area contributed by atoms with Gasteiger partial charge in [0.05, 0.1) is 0 Å². The fourth-order valence-electron chi connectivity index (χ4n) is 5.11. The molecule has 0 bridgehead atoms. The standard InChI is InChI=1S/C35H41NO/c1-6-30(26-36-22-8-9-23-36)28(4)24-35(5,7-2)25-29-12-14-31(15-13-29)32-16-20-34(21-17-32)37-33-18-10-27(3)11-19-33/h6-7,10-21,24H,2,8-9,22-23,25-26H2,1,3-5H3/b28-24+,30-6-. The Morgan fingerprint density at radius 2 is 1.43 bits per heavy atom. The predicted molar refractivity (Wildman–Crippen MR) is 158 cm³/mol. The van der Waals surface area contributed by atoms with Crippen LogP contribution >= 0.6 is 0 Å². The Morgan fingerprint density at radius 3 is 1.97 bits per heavy atom. The Bertz CT molecular complexity index is 1230. The molecule has 37 heavy (non-hydrogen) atoms. The maximum absolute atomic E-state index is 5.98. The fraction of sp³-hybridized carbons (Fsp3) is 0.314. The van der Waals surface area contributed by atoms with Crippen LogP contribution in [0.3, 0.4) is 0 Å². The summed E-state index contributed by atoms with van der Waals surface area (Å²) in [6.45, 7) is 16.5. The zero-order valence-corrected chi connectivity index (χ0v) is 23.0. The summed E-state index contributed by atoms with van der Waals surface area (Å²) in [6.07, 6.45) is 10.4. The number of nitrogens with zero attached hydrogens (tertiary/aromatic N) is 1. The summed E-state index contributed by atoms with van der Waals surface area (Å²) in [5.41, 5.74) is 7.63. The first-order chi connectivity index (χ1) is 17.9. The highest BCUT2D eigenvalue weighted by atomic mass is 16.5. The minimum atomic E-state index is -0.0974. The summed E-state index contributed by atoms with van der Waals surface area (Å²) in [4.78, 5) is 2.57. The Kier molecular flexibility index (Phi) is 8.84. The van der Waals surface area contributed by atoms with E-state index in [1.807, 2.05) is 24.3 Å². The molecule has 192 valence electrons. The van der Waals surface area contributed by atoms with Gasteiger partial charge in [-0.1, -0.05) is 84.8 Å². The van der Waals surface area contributed by atoms with E-state index in [4.69, 9.17) is 4.74 Å². The molecule has 0 radical (unpaired) electrons. The maximum Gasteiger partial charge on any atom is 0.127 e. The third-order valence-electron chi connectivity index (χ3n) is 7.44. The first-order valence-electron chi connectivity index (χ1n) is 13.5. The van der Waals surface area contributed by atoms with Gasteiger partial charge in [-0.15, -0.1) is 6.58 Å². The number of likely N-dealkylation sites (tertiary alicyclic amines) is 1. The molecular formula is C35H41NO. The molecule has 0 spiro atoms. The number of benzene rings is 3. The smallest absolute Gasteiger partial charge is 0.127 e. The van der Waals surface area contributed by atoms with Crippen LogP contribution in [0, 0.1) is 12.3 Å². The van der Waals surface area contributed by atoms with E-state index in [2.05, 4.69) is 106 Å². The van der Waals surface area contributed by atoms with Crippen LogP contribution in [0.15, 0.2) is 109 Å². The number of allylic oxidation sites excluding steroid dienone is 3. The van der Waals surface area contributed by atoms with E-state index < -0.39 is 0 Å². The highest BCUT2D eigenvalue weighted by Gasteiger charge is 2.20. The lowest BCUT2D eigenvalue weighted by Gasteiger charge is -2.25. The first kappa shape index (κ1) is 26.7. The molecule has 0 N–H and O–H groups in total. The molecule has 1 heterocycles. The molecule has 0 amide bonds. The van der Waals surface area contributed by atoms with Gasteiger partial charge in [0, 0.05) is 12.0 Å². The summed E-state index contributed by atoms with van der Waals surface area (Å²) in [5, 5.41) is 0. The van der Waals surface area contributed by atoms with Gasteiger partial charge >= 0.3 is 0 Å². The van der Waals surface area contributed by atoms with Crippen LogP contribution in [0.4, 0.5) is 0 Å². The van der Waals surface area contributed by atoms with Crippen LogP contribution in [0.1, 0.15) is 44.7 Å². The average molecular weight is 492 g/mol. The Hall–Kier alpha value is -3.36.